The molecule has 1 heterocycles. The van der Waals surface area contributed by atoms with Gasteiger partial charge < -0.3 is 15.4 Å². The second kappa shape index (κ2) is 4.89. The Balaban J connectivity index is 2.28. The number of benzene rings is 1. The number of halogens is 1. The molecule has 0 fully saturated rings. The first-order chi connectivity index (χ1) is 7.70. The first-order valence-electron chi connectivity index (χ1n) is 4.66. The van der Waals surface area contributed by atoms with E-state index in [-0.39, 0.29) is 6.61 Å². The molecule has 0 saturated heterocycles. The summed E-state index contributed by atoms with van der Waals surface area (Å²) in [5, 5.41) is 12.6. The first kappa shape index (κ1) is 11.5. The summed E-state index contributed by atoms with van der Waals surface area (Å²) in [6, 6.07) is 7.09. The van der Waals surface area contributed by atoms with Gasteiger partial charge in [0.15, 0.2) is 5.82 Å². The van der Waals surface area contributed by atoms with E-state index < -0.39 is 6.04 Å². The lowest BCUT2D eigenvalue weighted by Crippen LogP contribution is -2.15. The zero-order chi connectivity index (χ0) is 11.5. The van der Waals surface area contributed by atoms with Crippen molar-refractivity contribution in [2.45, 2.75) is 6.04 Å². The van der Waals surface area contributed by atoms with E-state index in [0.29, 0.717) is 11.7 Å². The Labute approximate surface area is 106 Å². The van der Waals surface area contributed by atoms with Crippen LogP contribution in [0.2, 0.25) is 0 Å². The number of hydrogen-bond acceptors (Lipinski definition) is 5. The predicted molar refractivity (Wildman–Crippen MR) is 66.5 cm³/mol. The average molecular weight is 331 g/mol. The lowest BCUT2D eigenvalue weighted by Gasteiger charge is -1.98. The van der Waals surface area contributed by atoms with Crippen molar-refractivity contribution < 1.29 is 9.63 Å². The maximum absolute atomic E-state index is 8.86. The molecule has 0 aliphatic heterocycles. The summed E-state index contributed by atoms with van der Waals surface area (Å²) in [7, 11) is 0. The van der Waals surface area contributed by atoms with Gasteiger partial charge in [-0.05, 0) is 46.9 Å². The van der Waals surface area contributed by atoms with Gasteiger partial charge in [0.25, 0.3) is 5.89 Å². The van der Waals surface area contributed by atoms with Gasteiger partial charge in [-0.1, -0.05) is 5.16 Å². The molecule has 0 radical (unpaired) electrons. The Bertz CT molecular complexity index is 469. The minimum absolute atomic E-state index is 0.203. The summed E-state index contributed by atoms with van der Waals surface area (Å²) in [5.41, 5.74) is 6.41. The van der Waals surface area contributed by atoms with E-state index in [1.165, 1.54) is 0 Å². The van der Waals surface area contributed by atoms with E-state index in [4.69, 9.17) is 15.4 Å². The van der Waals surface area contributed by atoms with Crippen molar-refractivity contribution in [1.82, 2.24) is 10.1 Å². The van der Waals surface area contributed by atoms with Gasteiger partial charge in [0.2, 0.25) is 0 Å². The maximum Gasteiger partial charge on any atom is 0.257 e. The molecular formula is C10H10IN3O2. The van der Waals surface area contributed by atoms with Crippen LogP contribution >= 0.6 is 22.6 Å². The Hall–Kier alpha value is -0.990. The van der Waals surface area contributed by atoms with E-state index >= 15 is 0 Å². The van der Waals surface area contributed by atoms with Gasteiger partial charge in [-0.2, -0.15) is 4.98 Å². The van der Waals surface area contributed by atoms with Gasteiger partial charge in [-0.15, -0.1) is 0 Å². The van der Waals surface area contributed by atoms with Gasteiger partial charge in [0, 0.05) is 9.13 Å². The molecule has 0 aliphatic rings. The average Bonchev–Trinajstić information content (AvgIpc) is 2.78. The molecule has 0 spiro atoms. The minimum atomic E-state index is -0.596. The van der Waals surface area contributed by atoms with Crippen LogP contribution in [0.4, 0.5) is 0 Å². The molecule has 1 unspecified atom stereocenters. The van der Waals surface area contributed by atoms with Crippen LogP contribution in [0.1, 0.15) is 11.9 Å². The quantitative estimate of drug-likeness (QED) is 0.829. The van der Waals surface area contributed by atoms with Crippen LogP contribution in [0, 0.1) is 3.57 Å². The Morgan fingerprint density at radius 3 is 2.69 bits per heavy atom. The summed E-state index contributed by atoms with van der Waals surface area (Å²) in [4.78, 5) is 4.12. The van der Waals surface area contributed by atoms with Crippen molar-refractivity contribution in [3.63, 3.8) is 0 Å². The van der Waals surface area contributed by atoms with Crippen LogP contribution in [0.5, 0.6) is 0 Å². The van der Waals surface area contributed by atoms with E-state index in [1.54, 1.807) is 0 Å². The molecule has 0 aliphatic carbocycles. The molecule has 1 aromatic carbocycles. The van der Waals surface area contributed by atoms with Gasteiger partial charge in [-0.25, -0.2) is 0 Å². The first-order valence-corrected chi connectivity index (χ1v) is 5.74. The number of nitrogens with zero attached hydrogens (tertiary/aromatic N) is 2. The topological polar surface area (TPSA) is 85.2 Å². The van der Waals surface area contributed by atoms with Gasteiger partial charge in [-0.3, -0.25) is 0 Å². The fraction of sp³-hybridized carbons (Fsp3) is 0.200. The highest BCUT2D eigenvalue weighted by Gasteiger charge is 2.14. The molecule has 2 aromatic rings. The number of hydrogen-bond donors (Lipinski definition) is 2. The summed E-state index contributed by atoms with van der Waals surface area (Å²) < 4.78 is 6.19. The second-order valence-electron chi connectivity index (χ2n) is 3.25. The molecule has 5 nitrogen and oxygen atoms in total. The lowest BCUT2D eigenvalue weighted by molar-refractivity contribution is 0.260. The normalized spacial score (nSPS) is 12.7. The molecule has 3 N–H and O–H groups in total. The van der Waals surface area contributed by atoms with Crippen LogP contribution in [0.25, 0.3) is 11.5 Å². The smallest absolute Gasteiger partial charge is 0.257 e. The summed E-state index contributed by atoms with van der Waals surface area (Å²) >= 11 is 2.22. The third kappa shape index (κ3) is 2.39. The van der Waals surface area contributed by atoms with Crippen molar-refractivity contribution in [3.05, 3.63) is 33.7 Å². The monoisotopic (exact) mass is 331 g/mol. The fourth-order valence-electron chi connectivity index (χ4n) is 1.18. The van der Waals surface area contributed by atoms with Crippen LogP contribution < -0.4 is 5.73 Å². The molecule has 0 bridgehead atoms. The van der Waals surface area contributed by atoms with Crippen molar-refractivity contribution in [1.29, 1.82) is 0 Å². The summed E-state index contributed by atoms with van der Waals surface area (Å²) in [6.07, 6.45) is 0. The third-order valence-electron chi connectivity index (χ3n) is 2.06. The molecule has 84 valence electrons. The van der Waals surface area contributed by atoms with Crippen LogP contribution in [-0.4, -0.2) is 21.9 Å². The Morgan fingerprint density at radius 1 is 1.38 bits per heavy atom. The SMILES string of the molecule is NC(CO)c1noc(-c2ccc(I)cc2)n1. The van der Waals surface area contributed by atoms with E-state index in [0.717, 1.165) is 9.13 Å². The third-order valence-corrected chi connectivity index (χ3v) is 2.78. The molecule has 16 heavy (non-hydrogen) atoms. The Kier molecular flexibility index (Phi) is 3.52. The highest BCUT2D eigenvalue weighted by Crippen LogP contribution is 2.19. The summed E-state index contributed by atoms with van der Waals surface area (Å²) in [5.74, 6) is 0.728. The molecule has 2 rings (SSSR count). The second-order valence-corrected chi connectivity index (χ2v) is 4.50. The van der Waals surface area contributed by atoms with Crippen LogP contribution in [0.15, 0.2) is 28.8 Å². The minimum Gasteiger partial charge on any atom is -0.394 e. The number of aromatic nitrogens is 2. The number of nitrogens with two attached hydrogens (primary N) is 1. The number of aliphatic hydroxyl groups is 1. The van der Waals surface area contributed by atoms with E-state index in [2.05, 4.69) is 32.7 Å². The predicted octanol–water partition coefficient (Wildman–Crippen LogP) is 1.33. The standard InChI is InChI=1S/C10H10IN3O2/c11-7-3-1-6(2-4-7)10-13-9(14-16-10)8(12)5-15/h1-4,8,15H,5,12H2. The highest BCUT2D eigenvalue weighted by atomic mass is 127. The van der Waals surface area contributed by atoms with Crippen molar-refractivity contribution in [3.8, 4) is 11.5 Å². The van der Waals surface area contributed by atoms with Gasteiger partial charge in [0.05, 0.1) is 12.6 Å². The van der Waals surface area contributed by atoms with Gasteiger partial charge >= 0.3 is 0 Å². The fourth-order valence-corrected chi connectivity index (χ4v) is 1.54. The molecule has 1 aromatic heterocycles. The molecule has 6 heteroatoms. The Morgan fingerprint density at radius 2 is 2.06 bits per heavy atom. The highest BCUT2D eigenvalue weighted by molar-refractivity contribution is 14.1. The van der Waals surface area contributed by atoms with E-state index in [1.807, 2.05) is 24.3 Å². The van der Waals surface area contributed by atoms with Crippen molar-refractivity contribution in [2.24, 2.45) is 5.73 Å². The molecule has 0 amide bonds. The largest absolute Gasteiger partial charge is 0.394 e. The summed E-state index contributed by atoms with van der Waals surface area (Å²) in [6.45, 7) is -0.203. The molecular weight excluding hydrogens is 321 g/mol. The zero-order valence-corrected chi connectivity index (χ0v) is 10.5. The lowest BCUT2D eigenvalue weighted by atomic mass is 10.2. The number of aliphatic hydroxyl groups excluding tert-OH is 1. The van der Waals surface area contributed by atoms with Crippen LogP contribution in [-0.2, 0) is 0 Å². The van der Waals surface area contributed by atoms with Crippen molar-refractivity contribution in [2.75, 3.05) is 6.61 Å². The molecule has 1 atom stereocenters. The van der Waals surface area contributed by atoms with Crippen LogP contribution in [0.3, 0.4) is 0 Å². The maximum atomic E-state index is 8.86. The van der Waals surface area contributed by atoms with Crippen molar-refractivity contribution >= 4 is 22.6 Å². The zero-order valence-electron chi connectivity index (χ0n) is 8.30. The molecule has 0 saturated carbocycles. The van der Waals surface area contributed by atoms with E-state index in [9.17, 15) is 0 Å². The number of rotatable bonds is 3. The van der Waals surface area contributed by atoms with Gasteiger partial charge in [0.1, 0.15) is 0 Å².